The molecule has 0 unspecified atom stereocenters. The first kappa shape index (κ1) is 16.9. The van der Waals surface area contributed by atoms with Crippen molar-refractivity contribution in [1.29, 1.82) is 0 Å². The molecule has 0 radical (unpaired) electrons. The number of carboxylic acids is 1. The van der Waals surface area contributed by atoms with Crippen LogP contribution in [-0.2, 0) is 4.79 Å². The second-order valence-electron chi connectivity index (χ2n) is 3.34. The SMILES string of the molecule is C=CCCCCCCCCC(=O)O.[CaH2]. The summed E-state index contributed by atoms with van der Waals surface area (Å²) in [5.74, 6) is -0.674. The molecule has 80 valence electrons. The molecule has 0 aliphatic carbocycles. The zero-order chi connectivity index (χ0) is 9.94. The third-order valence-corrected chi connectivity index (χ3v) is 2.05. The van der Waals surface area contributed by atoms with Crippen LogP contribution in [0.4, 0.5) is 0 Å². The van der Waals surface area contributed by atoms with Crippen molar-refractivity contribution in [2.45, 2.75) is 51.4 Å². The molecule has 0 aromatic carbocycles. The number of hydrogen-bond acceptors (Lipinski definition) is 1. The summed E-state index contributed by atoms with van der Waals surface area (Å²) in [6.45, 7) is 3.66. The van der Waals surface area contributed by atoms with E-state index in [1.54, 1.807) is 0 Å². The molecule has 1 N–H and O–H groups in total. The summed E-state index contributed by atoms with van der Waals surface area (Å²) in [6, 6.07) is 0. The summed E-state index contributed by atoms with van der Waals surface area (Å²) in [5.41, 5.74) is 0. The van der Waals surface area contributed by atoms with E-state index in [-0.39, 0.29) is 37.7 Å². The van der Waals surface area contributed by atoms with Crippen LogP contribution in [0.1, 0.15) is 51.4 Å². The average Bonchev–Trinajstić information content (AvgIpc) is 2.09. The van der Waals surface area contributed by atoms with Gasteiger partial charge >= 0.3 is 43.7 Å². The van der Waals surface area contributed by atoms with E-state index in [4.69, 9.17) is 5.11 Å². The second-order valence-corrected chi connectivity index (χ2v) is 3.34. The van der Waals surface area contributed by atoms with Crippen LogP contribution < -0.4 is 0 Å². The predicted molar refractivity (Wildman–Crippen MR) is 63.3 cm³/mol. The van der Waals surface area contributed by atoms with E-state index in [1.165, 1.54) is 25.7 Å². The number of carboxylic acid groups (broad SMARTS) is 1. The average molecular weight is 226 g/mol. The maximum atomic E-state index is 10.2. The van der Waals surface area contributed by atoms with Gasteiger partial charge in [-0.05, 0) is 19.3 Å². The molecule has 0 spiro atoms. The molecule has 0 saturated carbocycles. The van der Waals surface area contributed by atoms with Crippen LogP contribution in [-0.4, -0.2) is 48.8 Å². The summed E-state index contributed by atoms with van der Waals surface area (Å²) in [4.78, 5) is 10.2. The number of allylic oxidation sites excluding steroid dienone is 1. The Morgan fingerprint density at radius 3 is 2.07 bits per heavy atom. The Bertz CT molecular complexity index is 146. The van der Waals surface area contributed by atoms with Crippen LogP contribution in [0.15, 0.2) is 12.7 Å². The molecule has 3 heteroatoms. The zero-order valence-electron chi connectivity index (χ0n) is 8.30. The van der Waals surface area contributed by atoms with Crippen molar-refractivity contribution in [2.24, 2.45) is 0 Å². The monoisotopic (exact) mass is 226 g/mol. The topological polar surface area (TPSA) is 37.3 Å². The van der Waals surface area contributed by atoms with Gasteiger partial charge in [0, 0.05) is 6.42 Å². The Hall–Kier alpha value is 0.470. The minimum atomic E-state index is -0.674. The van der Waals surface area contributed by atoms with E-state index >= 15 is 0 Å². The van der Waals surface area contributed by atoms with Crippen molar-refractivity contribution in [3.63, 3.8) is 0 Å². The van der Waals surface area contributed by atoms with Gasteiger partial charge in [0.2, 0.25) is 0 Å². The number of unbranched alkanes of at least 4 members (excludes halogenated alkanes) is 6. The van der Waals surface area contributed by atoms with Gasteiger partial charge in [0.1, 0.15) is 0 Å². The van der Waals surface area contributed by atoms with E-state index in [0.29, 0.717) is 6.42 Å². The van der Waals surface area contributed by atoms with Gasteiger partial charge in [-0.25, -0.2) is 0 Å². The molecule has 0 aromatic heterocycles. The predicted octanol–water partition coefficient (Wildman–Crippen LogP) is 2.46. The number of aliphatic carboxylic acids is 1. The van der Waals surface area contributed by atoms with Crippen molar-refractivity contribution in [1.82, 2.24) is 0 Å². The summed E-state index contributed by atoms with van der Waals surface area (Å²) in [6.07, 6.45) is 10.1. The summed E-state index contributed by atoms with van der Waals surface area (Å²) >= 11 is 0. The molecular weight excluding hydrogens is 204 g/mol. The maximum absolute atomic E-state index is 10.2. The zero-order valence-corrected chi connectivity index (χ0v) is 8.30. The number of hydrogen-bond donors (Lipinski definition) is 1. The van der Waals surface area contributed by atoms with Crippen LogP contribution in [0.5, 0.6) is 0 Å². The van der Waals surface area contributed by atoms with Crippen LogP contribution >= 0.6 is 0 Å². The third-order valence-electron chi connectivity index (χ3n) is 2.05. The van der Waals surface area contributed by atoms with Gasteiger partial charge in [-0.2, -0.15) is 0 Å². The quantitative estimate of drug-likeness (QED) is 0.372. The van der Waals surface area contributed by atoms with Crippen LogP contribution in [0.3, 0.4) is 0 Å². The molecule has 0 amide bonds. The molecule has 0 heterocycles. The van der Waals surface area contributed by atoms with Crippen LogP contribution in [0, 0.1) is 0 Å². The second kappa shape index (κ2) is 13.5. The Balaban J connectivity index is 0. The van der Waals surface area contributed by atoms with Crippen molar-refractivity contribution < 1.29 is 9.90 Å². The van der Waals surface area contributed by atoms with Gasteiger partial charge in [-0.3, -0.25) is 4.79 Å². The summed E-state index contributed by atoms with van der Waals surface area (Å²) < 4.78 is 0. The van der Waals surface area contributed by atoms with Gasteiger partial charge < -0.3 is 5.11 Å². The fraction of sp³-hybridized carbons (Fsp3) is 0.727. The molecule has 0 bridgehead atoms. The van der Waals surface area contributed by atoms with E-state index < -0.39 is 5.97 Å². The van der Waals surface area contributed by atoms with E-state index in [0.717, 1.165) is 19.3 Å². The van der Waals surface area contributed by atoms with E-state index in [2.05, 4.69) is 6.58 Å². The van der Waals surface area contributed by atoms with Crippen molar-refractivity contribution in [3.8, 4) is 0 Å². The molecule has 0 atom stereocenters. The Morgan fingerprint density at radius 1 is 1.07 bits per heavy atom. The van der Waals surface area contributed by atoms with Crippen molar-refractivity contribution >= 4 is 43.7 Å². The minimum absolute atomic E-state index is 0. The molecule has 2 nitrogen and oxygen atoms in total. The fourth-order valence-electron chi connectivity index (χ4n) is 1.27. The molecule has 0 rings (SSSR count). The van der Waals surface area contributed by atoms with Crippen molar-refractivity contribution in [3.05, 3.63) is 12.7 Å². The van der Waals surface area contributed by atoms with E-state index in [1.807, 2.05) is 6.08 Å². The van der Waals surface area contributed by atoms with Crippen LogP contribution in [0.2, 0.25) is 0 Å². The molecular formula is C11H22CaO2. The molecule has 0 saturated heterocycles. The van der Waals surface area contributed by atoms with Gasteiger partial charge in [0.05, 0.1) is 0 Å². The first-order chi connectivity index (χ1) is 6.27. The fourth-order valence-corrected chi connectivity index (χ4v) is 1.27. The molecule has 0 fully saturated rings. The van der Waals surface area contributed by atoms with E-state index in [9.17, 15) is 4.79 Å². The molecule has 0 aliphatic heterocycles. The first-order valence-electron chi connectivity index (χ1n) is 5.10. The standard InChI is InChI=1S/C11H20O2.Ca.2H/c1-2-3-4-5-6-7-8-9-10-11(12)13;;;/h2H,1,3-10H2,(H,12,13);;;. The number of rotatable bonds is 9. The first-order valence-corrected chi connectivity index (χ1v) is 5.10. The summed E-state index contributed by atoms with van der Waals surface area (Å²) in [7, 11) is 0. The molecule has 14 heavy (non-hydrogen) atoms. The van der Waals surface area contributed by atoms with Crippen molar-refractivity contribution in [2.75, 3.05) is 0 Å². The van der Waals surface area contributed by atoms with Gasteiger partial charge in [-0.1, -0.05) is 31.8 Å². The molecule has 0 aromatic rings. The van der Waals surface area contributed by atoms with Crippen LogP contribution in [0.25, 0.3) is 0 Å². The Labute approximate surface area is 117 Å². The van der Waals surface area contributed by atoms with Gasteiger partial charge in [0.25, 0.3) is 0 Å². The number of carbonyl (C=O) groups is 1. The van der Waals surface area contributed by atoms with Gasteiger partial charge in [0.15, 0.2) is 0 Å². The third kappa shape index (κ3) is 15.0. The summed E-state index contributed by atoms with van der Waals surface area (Å²) in [5, 5.41) is 8.38. The Kier molecular flexibility index (Phi) is 16.2. The Morgan fingerprint density at radius 2 is 1.57 bits per heavy atom. The molecule has 0 aliphatic rings. The normalized spacial score (nSPS) is 9.14. The van der Waals surface area contributed by atoms with Gasteiger partial charge in [-0.15, -0.1) is 6.58 Å².